The third-order valence-corrected chi connectivity index (χ3v) is 9.60. The first-order chi connectivity index (χ1) is 11.8. The lowest BCUT2D eigenvalue weighted by Crippen LogP contribution is -2.46. The van der Waals surface area contributed by atoms with Crippen molar-refractivity contribution in [2.75, 3.05) is 12.3 Å². The van der Waals surface area contributed by atoms with Crippen LogP contribution in [0.25, 0.3) is 0 Å². The van der Waals surface area contributed by atoms with Gasteiger partial charge in [0.1, 0.15) is 6.17 Å². The number of anilines is 1. The molecular formula is C17H25F2N3O3Si. The van der Waals surface area contributed by atoms with Crippen LogP contribution >= 0.6 is 0 Å². The van der Waals surface area contributed by atoms with Gasteiger partial charge in [0.25, 0.3) is 0 Å². The van der Waals surface area contributed by atoms with Crippen LogP contribution < -0.4 is 11.4 Å². The Hall–Kier alpha value is -1.76. The van der Waals surface area contributed by atoms with E-state index in [0.717, 1.165) is 10.8 Å². The van der Waals surface area contributed by atoms with Crippen molar-refractivity contribution in [3.8, 4) is 12.3 Å². The lowest BCUT2D eigenvalue weighted by molar-refractivity contribution is -0.0722. The monoisotopic (exact) mass is 385 g/mol. The van der Waals surface area contributed by atoms with Crippen LogP contribution in [0.5, 0.6) is 0 Å². The second-order valence-electron chi connectivity index (χ2n) is 8.08. The molecule has 6 nitrogen and oxygen atoms in total. The van der Waals surface area contributed by atoms with Crippen molar-refractivity contribution in [1.29, 1.82) is 0 Å². The minimum absolute atomic E-state index is 0.00343. The average Bonchev–Trinajstić information content (AvgIpc) is 2.85. The number of nitrogens with two attached hydrogens (primary N) is 1. The molecule has 0 aromatic carbocycles. The second kappa shape index (κ2) is 6.76. The fourth-order valence-electron chi connectivity index (χ4n) is 2.38. The molecule has 0 aliphatic carbocycles. The predicted molar refractivity (Wildman–Crippen MR) is 97.2 cm³/mol. The van der Waals surface area contributed by atoms with Crippen LogP contribution in [0.4, 0.5) is 14.6 Å². The van der Waals surface area contributed by atoms with Crippen LogP contribution in [-0.4, -0.2) is 36.2 Å². The summed E-state index contributed by atoms with van der Waals surface area (Å²) in [5.41, 5.74) is 3.01. The van der Waals surface area contributed by atoms with Crippen molar-refractivity contribution < 1.29 is 17.9 Å². The van der Waals surface area contributed by atoms with Crippen LogP contribution in [0.3, 0.4) is 0 Å². The van der Waals surface area contributed by atoms with E-state index in [2.05, 4.69) is 31.7 Å². The summed E-state index contributed by atoms with van der Waals surface area (Å²) < 4.78 is 40.8. The number of hydrogen-bond donors (Lipinski definition) is 1. The molecule has 2 heterocycles. The lowest BCUT2D eigenvalue weighted by Gasteiger charge is -2.38. The molecule has 1 aromatic heterocycles. The molecule has 1 aliphatic heterocycles. The zero-order chi connectivity index (χ0) is 19.9. The molecule has 0 radical (unpaired) electrons. The van der Waals surface area contributed by atoms with Crippen molar-refractivity contribution in [1.82, 2.24) is 9.55 Å². The highest BCUT2D eigenvalue weighted by molar-refractivity contribution is 6.74. The number of nitrogens with zero attached hydrogens (tertiary/aromatic N) is 2. The van der Waals surface area contributed by atoms with Gasteiger partial charge in [-0.05, 0) is 18.1 Å². The van der Waals surface area contributed by atoms with Gasteiger partial charge in [0.05, 0.1) is 12.8 Å². The quantitative estimate of drug-likeness (QED) is 0.637. The fourth-order valence-corrected chi connectivity index (χ4v) is 3.41. The highest BCUT2D eigenvalue weighted by Crippen LogP contribution is 2.41. The summed E-state index contributed by atoms with van der Waals surface area (Å²) in [6, 6.07) is 0. The standard InChI is InChI=1S/C17H25F2N3O3Si/c1-7-17(10-24-26(5,6)16(2,3)4)8-11(18)14(25-17)22-9-12(19)13(20)21-15(22)23/h1,9,11,14H,8,10H2,2-6H3,(H2,20,21,23)/t11-,14+,17-/m0/s1. The number of rotatable bonds is 4. The largest absolute Gasteiger partial charge is 0.413 e. The molecule has 26 heavy (non-hydrogen) atoms. The van der Waals surface area contributed by atoms with Gasteiger partial charge in [0.2, 0.25) is 0 Å². The summed E-state index contributed by atoms with van der Waals surface area (Å²) in [5.74, 6) is 0.972. The van der Waals surface area contributed by atoms with E-state index in [1.807, 2.05) is 13.1 Å². The predicted octanol–water partition coefficient (Wildman–Crippen LogP) is 2.62. The Balaban J connectivity index is 2.26. The van der Waals surface area contributed by atoms with Gasteiger partial charge in [0, 0.05) is 6.42 Å². The molecule has 0 amide bonds. The topological polar surface area (TPSA) is 79.4 Å². The van der Waals surface area contributed by atoms with E-state index in [4.69, 9.17) is 21.3 Å². The average molecular weight is 385 g/mol. The Labute approximate surface area is 152 Å². The summed E-state index contributed by atoms with van der Waals surface area (Å²) in [6.45, 7) is 10.3. The van der Waals surface area contributed by atoms with Gasteiger partial charge in [0.15, 0.2) is 31.8 Å². The van der Waals surface area contributed by atoms with Crippen molar-refractivity contribution in [3.05, 3.63) is 22.5 Å². The van der Waals surface area contributed by atoms with E-state index < -0.39 is 43.6 Å². The number of ether oxygens (including phenoxy) is 1. The third-order valence-electron chi connectivity index (χ3n) is 5.12. The summed E-state index contributed by atoms with van der Waals surface area (Å²) >= 11 is 0. The first-order valence-corrected chi connectivity index (χ1v) is 11.2. The van der Waals surface area contributed by atoms with Crippen LogP contribution in [0.15, 0.2) is 11.0 Å². The maximum atomic E-state index is 14.6. The third kappa shape index (κ3) is 3.82. The molecule has 2 rings (SSSR count). The minimum Gasteiger partial charge on any atom is -0.413 e. The normalized spacial score (nSPS) is 26.7. The summed E-state index contributed by atoms with van der Waals surface area (Å²) in [6.07, 6.45) is 3.21. The van der Waals surface area contributed by atoms with E-state index in [1.54, 1.807) is 0 Å². The molecule has 1 fully saturated rings. The van der Waals surface area contributed by atoms with Crippen molar-refractivity contribution >= 4 is 14.1 Å². The van der Waals surface area contributed by atoms with Crippen molar-refractivity contribution in [2.45, 2.75) is 63.3 Å². The Morgan fingerprint density at radius 2 is 2.19 bits per heavy atom. The minimum atomic E-state index is -2.14. The SMILES string of the molecule is C#C[C@@]1(CO[Si](C)(C)C(C)(C)C)C[C@H](F)[C@H](n2cc(F)c(N)nc2=O)O1. The first-order valence-electron chi connectivity index (χ1n) is 8.30. The molecule has 0 unspecified atom stereocenters. The number of nitrogen functional groups attached to an aromatic ring is 1. The molecule has 144 valence electrons. The van der Waals surface area contributed by atoms with Gasteiger partial charge in [-0.25, -0.2) is 13.6 Å². The highest BCUT2D eigenvalue weighted by Gasteiger charge is 2.49. The Kier molecular flexibility index (Phi) is 5.34. The van der Waals surface area contributed by atoms with Gasteiger partial charge in [-0.3, -0.25) is 4.57 Å². The molecule has 1 aromatic rings. The molecule has 0 spiro atoms. The van der Waals surface area contributed by atoms with E-state index in [-0.39, 0.29) is 18.1 Å². The van der Waals surface area contributed by atoms with Gasteiger partial charge in [-0.1, -0.05) is 26.7 Å². The molecule has 2 N–H and O–H groups in total. The maximum absolute atomic E-state index is 14.6. The van der Waals surface area contributed by atoms with Gasteiger partial charge in [-0.15, -0.1) is 6.42 Å². The van der Waals surface area contributed by atoms with Crippen LogP contribution in [-0.2, 0) is 9.16 Å². The van der Waals surface area contributed by atoms with E-state index in [1.165, 1.54) is 0 Å². The van der Waals surface area contributed by atoms with E-state index >= 15 is 0 Å². The zero-order valence-corrected chi connectivity index (χ0v) is 16.7. The molecular weight excluding hydrogens is 360 g/mol. The summed E-state index contributed by atoms with van der Waals surface area (Å²) in [7, 11) is -2.14. The van der Waals surface area contributed by atoms with Gasteiger partial charge < -0.3 is 14.9 Å². The van der Waals surface area contributed by atoms with Crippen LogP contribution in [0.1, 0.15) is 33.4 Å². The molecule has 3 atom stereocenters. The van der Waals surface area contributed by atoms with Crippen LogP contribution in [0, 0.1) is 18.2 Å². The maximum Gasteiger partial charge on any atom is 0.351 e. The number of alkyl halides is 1. The summed E-state index contributed by atoms with van der Waals surface area (Å²) in [4.78, 5) is 15.3. The number of hydrogen-bond acceptors (Lipinski definition) is 5. The van der Waals surface area contributed by atoms with Gasteiger partial charge in [-0.2, -0.15) is 4.98 Å². The summed E-state index contributed by atoms with van der Waals surface area (Å²) in [5, 5.41) is -0.0587. The van der Waals surface area contributed by atoms with E-state index in [0.29, 0.717) is 0 Å². The Bertz CT molecular complexity index is 785. The second-order valence-corrected chi connectivity index (χ2v) is 12.9. The molecule has 0 saturated carbocycles. The van der Waals surface area contributed by atoms with Crippen molar-refractivity contribution in [3.63, 3.8) is 0 Å². The molecule has 0 bridgehead atoms. The van der Waals surface area contributed by atoms with Crippen LogP contribution in [0.2, 0.25) is 18.1 Å². The number of terminal acetylenes is 1. The van der Waals surface area contributed by atoms with Crippen molar-refractivity contribution in [2.24, 2.45) is 0 Å². The Morgan fingerprint density at radius 1 is 1.58 bits per heavy atom. The molecule has 9 heteroatoms. The first kappa shape index (κ1) is 20.5. The number of halogens is 2. The smallest absolute Gasteiger partial charge is 0.351 e. The highest BCUT2D eigenvalue weighted by atomic mass is 28.4. The Morgan fingerprint density at radius 3 is 2.73 bits per heavy atom. The molecule has 1 aliphatic rings. The molecule has 1 saturated heterocycles. The fraction of sp³-hybridized carbons (Fsp3) is 0.647. The lowest BCUT2D eigenvalue weighted by atomic mass is 10.0. The van der Waals surface area contributed by atoms with E-state index in [9.17, 15) is 13.6 Å². The number of aromatic nitrogens is 2. The zero-order valence-electron chi connectivity index (χ0n) is 15.7. The van der Waals surface area contributed by atoms with Gasteiger partial charge >= 0.3 is 5.69 Å².